The summed E-state index contributed by atoms with van der Waals surface area (Å²) < 4.78 is 140. The van der Waals surface area contributed by atoms with Crippen molar-refractivity contribution in [2.24, 2.45) is 0 Å². The molecule has 1 aromatic heterocycles. The van der Waals surface area contributed by atoms with Crippen molar-refractivity contribution in [3.05, 3.63) is 169 Å². The van der Waals surface area contributed by atoms with Crippen LogP contribution in [-0.4, -0.2) is 0 Å². The van der Waals surface area contributed by atoms with E-state index in [4.69, 9.17) is 20.9 Å². The minimum Gasteiger partial charge on any atom is -0.455 e. The molecule has 1 nitrogen and oxygen atoms in total. The molecule has 0 amide bonds. The van der Waals surface area contributed by atoms with Crippen molar-refractivity contribution >= 4 is 43.5 Å². The monoisotopic (exact) mass is 587 g/mol. The van der Waals surface area contributed by atoms with E-state index < -0.39 is 84.1 Å². The first kappa shape index (κ1) is 14.7. The van der Waals surface area contributed by atoms with Crippen molar-refractivity contribution < 1.29 is 25.0 Å². The molecule has 1 heterocycles. The molecule has 0 aliphatic carbocycles. The Morgan fingerprint density at radius 2 is 0.911 bits per heavy atom. The second-order valence-electron chi connectivity index (χ2n) is 10.5. The molecule has 0 unspecified atom stereocenters. The molecule has 9 aromatic rings. The van der Waals surface area contributed by atoms with Gasteiger partial charge in [0.1, 0.15) is 11.2 Å². The van der Waals surface area contributed by atoms with Crippen LogP contribution in [0.15, 0.2) is 174 Å². The topological polar surface area (TPSA) is 13.1 Å². The van der Waals surface area contributed by atoms with Gasteiger partial charge in [-0.25, -0.2) is 0 Å². The lowest BCUT2D eigenvalue weighted by atomic mass is 9.83. The van der Waals surface area contributed by atoms with Crippen LogP contribution in [0, 0.1) is 0 Å². The molecule has 0 saturated heterocycles. The van der Waals surface area contributed by atoms with Gasteiger partial charge in [-0.15, -0.1) is 0 Å². The third kappa shape index (κ3) is 4.02. The summed E-state index contributed by atoms with van der Waals surface area (Å²) in [4.78, 5) is 0. The van der Waals surface area contributed by atoms with Crippen molar-refractivity contribution in [3.63, 3.8) is 0 Å². The van der Waals surface area contributed by atoms with Crippen LogP contribution in [0.5, 0.6) is 0 Å². The van der Waals surface area contributed by atoms with Crippen molar-refractivity contribution in [2.75, 3.05) is 0 Å². The SMILES string of the molecule is [2H]c1c([2H])c([2H])c(-c2c([2H])c([2H])c([2H])c([2H])c2-c2c3ccccc3c(-c3c([2H])c([2H])c(-c4ccccc4)c4oc5c([2H])c([2H])c([2H])c([2H])c5c34)c3ccccc23)c([2H])c1[2H]. The Hall–Kier alpha value is -5.92. The van der Waals surface area contributed by atoms with Gasteiger partial charge in [0.2, 0.25) is 0 Å². The Labute approximate surface area is 282 Å². The number of rotatable bonds is 4. The van der Waals surface area contributed by atoms with Crippen molar-refractivity contribution in [1.82, 2.24) is 0 Å². The molecule has 1 heteroatoms. The fourth-order valence-corrected chi connectivity index (χ4v) is 6.20. The normalized spacial score (nSPS) is 16.2. The third-order valence-electron chi connectivity index (χ3n) is 8.06. The van der Waals surface area contributed by atoms with Gasteiger partial charge < -0.3 is 4.42 Å². The van der Waals surface area contributed by atoms with Crippen molar-refractivity contribution in [2.45, 2.75) is 0 Å². The molecule has 0 aliphatic rings. The Bertz CT molecular complexity index is 3290. The van der Waals surface area contributed by atoms with Crippen LogP contribution in [0.1, 0.15) is 20.6 Å². The zero-order valence-corrected chi connectivity index (χ0v) is 23.4. The Balaban J connectivity index is 1.54. The zero-order valence-electron chi connectivity index (χ0n) is 38.4. The van der Waals surface area contributed by atoms with Crippen LogP contribution in [0.2, 0.25) is 0 Å². The first-order valence-corrected chi connectivity index (χ1v) is 14.2. The van der Waals surface area contributed by atoms with Crippen LogP contribution in [0.4, 0.5) is 0 Å². The summed E-state index contributed by atoms with van der Waals surface area (Å²) in [6, 6.07) is 14.3. The highest BCUT2D eigenvalue weighted by molar-refractivity contribution is 6.27. The summed E-state index contributed by atoms with van der Waals surface area (Å²) in [6.45, 7) is 0. The lowest BCUT2D eigenvalue weighted by Gasteiger charge is -2.20. The van der Waals surface area contributed by atoms with E-state index in [1.807, 2.05) is 0 Å². The van der Waals surface area contributed by atoms with Gasteiger partial charge in [0, 0.05) is 16.3 Å². The summed E-state index contributed by atoms with van der Waals surface area (Å²) in [5.74, 6) is 0. The molecule has 0 saturated carbocycles. The molecule has 210 valence electrons. The molecule has 0 spiro atoms. The predicted octanol–water partition coefficient (Wildman–Crippen LogP) is 12.6. The minimum atomic E-state index is -0.683. The average molecular weight is 588 g/mol. The number of benzene rings is 8. The van der Waals surface area contributed by atoms with Crippen LogP contribution in [0.3, 0.4) is 0 Å². The number of furan rings is 1. The molecule has 0 aliphatic heterocycles. The lowest BCUT2D eigenvalue weighted by Crippen LogP contribution is -1.93. The molecule has 0 radical (unpaired) electrons. The van der Waals surface area contributed by atoms with Gasteiger partial charge in [0.15, 0.2) is 0 Å². The first-order chi connectivity index (χ1) is 28.6. The second-order valence-corrected chi connectivity index (χ2v) is 10.5. The molecule has 0 bridgehead atoms. The fourth-order valence-electron chi connectivity index (χ4n) is 6.20. The Kier molecular flexibility index (Phi) is 3.39. The highest BCUT2D eigenvalue weighted by atomic mass is 16.3. The van der Waals surface area contributed by atoms with Crippen molar-refractivity contribution in [3.8, 4) is 44.5 Å². The van der Waals surface area contributed by atoms with Gasteiger partial charge in [-0.3, -0.25) is 0 Å². The lowest BCUT2D eigenvalue weighted by molar-refractivity contribution is 0.670. The molecule has 8 aromatic carbocycles. The number of para-hydroxylation sites is 1. The highest BCUT2D eigenvalue weighted by Crippen LogP contribution is 2.49. The smallest absolute Gasteiger partial charge is 0.143 e. The van der Waals surface area contributed by atoms with E-state index in [0.717, 1.165) is 0 Å². The highest BCUT2D eigenvalue weighted by Gasteiger charge is 2.22. The van der Waals surface area contributed by atoms with Gasteiger partial charge >= 0.3 is 0 Å². The van der Waals surface area contributed by atoms with E-state index >= 15 is 0 Å². The third-order valence-corrected chi connectivity index (χ3v) is 8.06. The van der Waals surface area contributed by atoms with E-state index in [1.165, 1.54) is 0 Å². The van der Waals surface area contributed by atoms with Gasteiger partial charge in [-0.1, -0.05) is 157 Å². The summed E-state index contributed by atoms with van der Waals surface area (Å²) >= 11 is 0. The second kappa shape index (κ2) is 10.4. The summed E-state index contributed by atoms with van der Waals surface area (Å²) in [5.41, 5.74) is 0.529. The van der Waals surface area contributed by atoms with Gasteiger partial charge in [0.05, 0.1) is 20.6 Å². The van der Waals surface area contributed by atoms with E-state index in [0.29, 0.717) is 32.7 Å². The molecular formula is C44H28O. The van der Waals surface area contributed by atoms with Gasteiger partial charge in [-0.05, 0) is 72.6 Å². The molecular weight excluding hydrogens is 544 g/mol. The van der Waals surface area contributed by atoms with E-state index in [1.54, 1.807) is 78.9 Å². The van der Waals surface area contributed by atoms with Crippen LogP contribution >= 0.6 is 0 Å². The first-order valence-electron chi connectivity index (χ1n) is 21.7. The molecule has 9 rings (SSSR count). The molecule has 0 N–H and O–H groups in total. The number of fused-ring (bicyclic) bond motifs is 5. The van der Waals surface area contributed by atoms with Crippen LogP contribution < -0.4 is 0 Å². The zero-order chi connectivity index (χ0) is 42.8. The largest absolute Gasteiger partial charge is 0.455 e. The molecule has 0 atom stereocenters. The maximum absolute atomic E-state index is 9.76. The minimum absolute atomic E-state index is 0.00886. The summed E-state index contributed by atoms with van der Waals surface area (Å²) in [5, 5.41) is 1.78. The summed E-state index contributed by atoms with van der Waals surface area (Å²) in [7, 11) is 0. The quantitative estimate of drug-likeness (QED) is 0.187. The maximum Gasteiger partial charge on any atom is 0.143 e. The molecule has 0 fully saturated rings. The predicted molar refractivity (Wildman–Crippen MR) is 190 cm³/mol. The fraction of sp³-hybridized carbons (Fsp3) is 0. The maximum atomic E-state index is 9.76. The van der Waals surface area contributed by atoms with E-state index in [-0.39, 0.29) is 61.8 Å². The van der Waals surface area contributed by atoms with E-state index in [2.05, 4.69) is 0 Å². The Morgan fingerprint density at radius 1 is 0.378 bits per heavy atom. The number of hydrogen-bond acceptors (Lipinski definition) is 1. The van der Waals surface area contributed by atoms with Crippen LogP contribution in [0.25, 0.3) is 88.0 Å². The number of hydrogen-bond donors (Lipinski definition) is 0. The Morgan fingerprint density at radius 3 is 1.60 bits per heavy atom. The molecule has 45 heavy (non-hydrogen) atoms. The van der Waals surface area contributed by atoms with Crippen molar-refractivity contribution in [1.29, 1.82) is 0 Å². The van der Waals surface area contributed by atoms with Crippen LogP contribution in [-0.2, 0) is 0 Å². The van der Waals surface area contributed by atoms with Gasteiger partial charge in [0.25, 0.3) is 0 Å². The standard InChI is InChI=1S/C44H28O/c1-3-15-29(16-4-1)31-19-7-8-20-33(31)41-34-21-9-11-23-36(34)42(37-24-12-10-22-35(37)41)39-28-27-32(30-17-5-2-6-18-30)44-43(39)38-25-13-14-26-40(38)45-44/h1-28H/i1D,3D,4D,7D,8D,13D,14D,15D,16D,19D,20D,25D,26D,27D,28D. The van der Waals surface area contributed by atoms with Gasteiger partial charge in [-0.2, -0.15) is 0 Å². The summed E-state index contributed by atoms with van der Waals surface area (Å²) in [6.07, 6.45) is 0. The van der Waals surface area contributed by atoms with E-state index in [9.17, 15) is 4.11 Å². The average Bonchev–Trinajstić information content (AvgIpc) is 3.65.